The number of Topliss-reactive ketones (excluding diaryl/α,β-unsaturated/α-hetero) is 1. The van der Waals surface area contributed by atoms with Crippen molar-refractivity contribution in [1.29, 1.82) is 0 Å². The third-order valence-electron chi connectivity index (χ3n) is 3.99. The van der Waals surface area contributed by atoms with Gasteiger partial charge in [0, 0.05) is 30.8 Å². The lowest BCUT2D eigenvalue weighted by atomic mass is 10.1. The van der Waals surface area contributed by atoms with Gasteiger partial charge in [-0.2, -0.15) is 0 Å². The fourth-order valence-corrected chi connectivity index (χ4v) is 2.84. The van der Waals surface area contributed by atoms with Gasteiger partial charge < -0.3 is 9.84 Å². The fourth-order valence-electron chi connectivity index (χ4n) is 2.84. The number of carbonyl (C=O) groups is 1. The molecule has 0 radical (unpaired) electrons. The van der Waals surface area contributed by atoms with Crippen LogP contribution in [0.3, 0.4) is 0 Å². The number of aliphatic hydroxyl groups excluding tert-OH is 1. The summed E-state index contributed by atoms with van der Waals surface area (Å²) in [5.41, 5.74) is 1.79. The van der Waals surface area contributed by atoms with Crippen LogP contribution in [0.4, 0.5) is 0 Å². The molecule has 1 heterocycles. The van der Waals surface area contributed by atoms with Crippen molar-refractivity contribution in [3.05, 3.63) is 29.3 Å². The van der Waals surface area contributed by atoms with Crippen LogP contribution in [0.15, 0.2) is 18.2 Å². The van der Waals surface area contributed by atoms with Crippen LogP contribution in [0.5, 0.6) is 5.75 Å². The highest BCUT2D eigenvalue weighted by molar-refractivity contribution is 5.94. The van der Waals surface area contributed by atoms with Gasteiger partial charge >= 0.3 is 0 Å². The molecule has 1 fully saturated rings. The summed E-state index contributed by atoms with van der Waals surface area (Å²) in [6.07, 6.45) is 2.01. The van der Waals surface area contributed by atoms with Crippen LogP contribution in [-0.4, -0.2) is 42.6 Å². The molecule has 0 saturated carbocycles. The molecule has 1 aromatic rings. The Morgan fingerprint density at radius 1 is 1.50 bits per heavy atom. The van der Waals surface area contributed by atoms with Gasteiger partial charge in [-0.1, -0.05) is 0 Å². The largest absolute Gasteiger partial charge is 0.496 e. The van der Waals surface area contributed by atoms with Crippen LogP contribution in [0.25, 0.3) is 0 Å². The molecule has 0 aromatic heterocycles. The van der Waals surface area contributed by atoms with Crippen LogP contribution in [0.1, 0.15) is 35.7 Å². The molecule has 0 bridgehead atoms. The molecular formula is C16H23NO3. The summed E-state index contributed by atoms with van der Waals surface area (Å²) >= 11 is 0. The Morgan fingerprint density at radius 2 is 2.30 bits per heavy atom. The molecule has 1 saturated heterocycles. The van der Waals surface area contributed by atoms with Crippen molar-refractivity contribution in [2.24, 2.45) is 5.92 Å². The SMILES string of the molecule is COc1ccc(C(C)=O)cc1CN1CCC(CCO)C1. The van der Waals surface area contributed by atoms with Gasteiger partial charge in [-0.15, -0.1) is 0 Å². The van der Waals surface area contributed by atoms with Crippen molar-refractivity contribution in [2.75, 3.05) is 26.8 Å². The molecule has 4 nitrogen and oxygen atoms in total. The number of ketones is 1. The number of hydrogen-bond donors (Lipinski definition) is 1. The van der Waals surface area contributed by atoms with Crippen LogP contribution in [0, 0.1) is 5.92 Å². The Bertz CT molecular complexity index is 473. The summed E-state index contributed by atoms with van der Waals surface area (Å²) in [5, 5.41) is 9.01. The summed E-state index contributed by atoms with van der Waals surface area (Å²) in [5.74, 6) is 1.50. The Hall–Kier alpha value is -1.39. The highest BCUT2D eigenvalue weighted by Gasteiger charge is 2.23. The quantitative estimate of drug-likeness (QED) is 0.809. The monoisotopic (exact) mass is 277 g/mol. The molecule has 1 aliphatic heterocycles. The van der Waals surface area contributed by atoms with E-state index in [0.717, 1.165) is 49.4 Å². The first kappa shape index (κ1) is 15.0. The van der Waals surface area contributed by atoms with E-state index in [1.807, 2.05) is 18.2 Å². The van der Waals surface area contributed by atoms with Crippen LogP contribution in [-0.2, 0) is 6.54 Å². The first-order valence-electron chi connectivity index (χ1n) is 7.15. The van der Waals surface area contributed by atoms with E-state index in [1.54, 1.807) is 14.0 Å². The molecule has 1 N–H and O–H groups in total. The smallest absolute Gasteiger partial charge is 0.159 e. The third-order valence-corrected chi connectivity index (χ3v) is 3.99. The van der Waals surface area contributed by atoms with Gasteiger partial charge in [-0.25, -0.2) is 0 Å². The molecule has 4 heteroatoms. The summed E-state index contributed by atoms with van der Waals surface area (Å²) in [4.78, 5) is 13.9. The molecule has 0 amide bonds. The molecule has 2 rings (SSSR count). The van der Waals surface area contributed by atoms with Gasteiger partial charge in [-0.05, 0) is 50.4 Å². The van der Waals surface area contributed by atoms with E-state index in [2.05, 4.69) is 4.90 Å². The number of aliphatic hydroxyl groups is 1. The summed E-state index contributed by atoms with van der Waals surface area (Å²) in [6.45, 7) is 4.69. The van der Waals surface area contributed by atoms with Gasteiger partial charge in [-0.3, -0.25) is 9.69 Å². The summed E-state index contributed by atoms with van der Waals surface area (Å²) in [7, 11) is 1.66. The Labute approximate surface area is 120 Å². The topological polar surface area (TPSA) is 49.8 Å². The van der Waals surface area contributed by atoms with Crippen molar-refractivity contribution >= 4 is 5.78 Å². The predicted octanol–water partition coefficient (Wildman–Crippen LogP) is 2.10. The van der Waals surface area contributed by atoms with Gasteiger partial charge in [0.25, 0.3) is 0 Å². The molecule has 0 spiro atoms. The van der Waals surface area contributed by atoms with E-state index in [0.29, 0.717) is 5.92 Å². The molecule has 20 heavy (non-hydrogen) atoms. The normalized spacial score (nSPS) is 19.2. The molecular weight excluding hydrogens is 254 g/mol. The Morgan fingerprint density at radius 3 is 2.95 bits per heavy atom. The molecule has 1 atom stereocenters. The Balaban J connectivity index is 2.08. The number of benzene rings is 1. The lowest BCUT2D eigenvalue weighted by molar-refractivity contribution is 0.101. The zero-order valence-corrected chi connectivity index (χ0v) is 12.3. The molecule has 1 aromatic carbocycles. The predicted molar refractivity (Wildman–Crippen MR) is 78.1 cm³/mol. The van der Waals surface area contributed by atoms with E-state index >= 15 is 0 Å². The van der Waals surface area contributed by atoms with Crippen LogP contribution < -0.4 is 4.74 Å². The van der Waals surface area contributed by atoms with E-state index in [1.165, 1.54) is 0 Å². The van der Waals surface area contributed by atoms with Gasteiger partial charge in [0.1, 0.15) is 5.75 Å². The summed E-state index contributed by atoms with van der Waals surface area (Å²) in [6, 6.07) is 5.61. The average molecular weight is 277 g/mol. The minimum atomic E-state index is 0.0773. The van der Waals surface area contributed by atoms with Crippen molar-refractivity contribution in [2.45, 2.75) is 26.3 Å². The summed E-state index contributed by atoms with van der Waals surface area (Å²) < 4.78 is 5.39. The number of ether oxygens (including phenoxy) is 1. The number of hydrogen-bond acceptors (Lipinski definition) is 4. The zero-order valence-electron chi connectivity index (χ0n) is 12.3. The number of methoxy groups -OCH3 is 1. The van der Waals surface area contributed by atoms with Crippen molar-refractivity contribution in [1.82, 2.24) is 4.90 Å². The second-order valence-electron chi connectivity index (χ2n) is 5.48. The van der Waals surface area contributed by atoms with E-state index < -0.39 is 0 Å². The minimum absolute atomic E-state index is 0.0773. The van der Waals surface area contributed by atoms with E-state index in [4.69, 9.17) is 9.84 Å². The molecule has 110 valence electrons. The zero-order chi connectivity index (χ0) is 14.5. The molecule has 1 unspecified atom stereocenters. The molecule has 1 aliphatic rings. The third kappa shape index (κ3) is 3.58. The van der Waals surface area contributed by atoms with Crippen molar-refractivity contribution < 1.29 is 14.6 Å². The first-order valence-corrected chi connectivity index (χ1v) is 7.15. The van der Waals surface area contributed by atoms with Crippen LogP contribution >= 0.6 is 0 Å². The van der Waals surface area contributed by atoms with Crippen molar-refractivity contribution in [3.63, 3.8) is 0 Å². The number of nitrogens with zero attached hydrogens (tertiary/aromatic N) is 1. The highest BCUT2D eigenvalue weighted by atomic mass is 16.5. The number of rotatable bonds is 6. The van der Waals surface area contributed by atoms with E-state index in [-0.39, 0.29) is 12.4 Å². The number of carbonyl (C=O) groups excluding carboxylic acids is 1. The second-order valence-corrected chi connectivity index (χ2v) is 5.48. The fraction of sp³-hybridized carbons (Fsp3) is 0.562. The van der Waals surface area contributed by atoms with Gasteiger partial charge in [0.2, 0.25) is 0 Å². The number of likely N-dealkylation sites (tertiary alicyclic amines) is 1. The van der Waals surface area contributed by atoms with E-state index in [9.17, 15) is 4.79 Å². The van der Waals surface area contributed by atoms with Crippen LogP contribution in [0.2, 0.25) is 0 Å². The average Bonchev–Trinajstić information content (AvgIpc) is 2.86. The first-order chi connectivity index (χ1) is 9.63. The molecule has 0 aliphatic carbocycles. The standard InChI is InChI=1S/C16H23NO3/c1-12(19)14-3-4-16(20-2)15(9-14)11-17-7-5-13(10-17)6-8-18/h3-4,9,13,18H,5-8,10-11H2,1-2H3. The second kappa shape index (κ2) is 6.86. The lowest BCUT2D eigenvalue weighted by Crippen LogP contribution is -2.21. The maximum Gasteiger partial charge on any atom is 0.159 e. The Kier molecular flexibility index (Phi) is 5.15. The minimum Gasteiger partial charge on any atom is -0.496 e. The van der Waals surface area contributed by atoms with Gasteiger partial charge in [0.05, 0.1) is 7.11 Å². The van der Waals surface area contributed by atoms with Gasteiger partial charge in [0.15, 0.2) is 5.78 Å². The van der Waals surface area contributed by atoms with Crippen molar-refractivity contribution in [3.8, 4) is 5.75 Å². The highest BCUT2D eigenvalue weighted by Crippen LogP contribution is 2.26. The lowest BCUT2D eigenvalue weighted by Gasteiger charge is -2.18. The maximum absolute atomic E-state index is 11.5. The maximum atomic E-state index is 11.5.